The third kappa shape index (κ3) is 13.0. The van der Waals surface area contributed by atoms with Crippen LogP contribution in [0.5, 0.6) is 0 Å². The molecule has 1 aromatic carbocycles. The molecule has 0 spiro atoms. The van der Waals surface area contributed by atoms with Gasteiger partial charge in [0.2, 0.25) is 5.95 Å². The number of esters is 3. The molecule has 1 heterocycles. The summed E-state index contributed by atoms with van der Waals surface area (Å²) in [7, 11) is 0. The number of hydrogen-bond donors (Lipinski definition) is 1. The predicted octanol–water partition coefficient (Wildman–Crippen LogP) is 9.16. The summed E-state index contributed by atoms with van der Waals surface area (Å²) < 4.78 is 17.9. The highest BCUT2D eigenvalue weighted by Crippen LogP contribution is 2.30. The molecule has 0 saturated heterocycles. The van der Waals surface area contributed by atoms with E-state index in [4.69, 9.17) is 14.2 Å². The van der Waals surface area contributed by atoms with Crippen molar-refractivity contribution < 1.29 is 28.6 Å². The lowest BCUT2D eigenvalue weighted by Crippen LogP contribution is -2.24. The molecule has 3 unspecified atom stereocenters. The Balaban J connectivity index is 2.62. The van der Waals surface area contributed by atoms with E-state index in [1.54, 1.807) is 0 Å². The molecule has 2 rings (SSSR count). The van der Waals surface area contributed by atoms with E-state index >= 15 is 0 Å². The van der Waals surface area contributed by atoms with Crippen molar-refractivity contribution in [2.45, 2.75) is 156 Å². The van der Waals surface area contributed by atoms with Gasteiger partial charge in [0.1, 0.15) is 31.0 Å². The van der Waals surface area contributed by atoms with Crippen LogP contribution in [0.3, 0.4) is 0 Å². The van der Waals surface area contributed by atoms with Gasteiger partial charge in [-0.25, -0.2) is 29.3 Å². The Hall–Kier alpha value is -3.56. The first kappa shape index (κ1) is 38.6. The Morgan fingerprint density at radius 3 is 1.37 bits per heavy atom. The zero-order valence-corrected chi connectivity index (χ0v) is 28.9. The summed E-state index contributed by atoms with van der Waals surface area (Å²) in [6.07, 6.45) is 14.9. The van der Waals surface area contributed by atoms with Gasteiger partial charge in [0, 0.05) is 0 Å². The fourth-order valence-electron chi connectivity index (χ4n) is 5.19. The van der Waals surface area contributed by atoms with Crippen molar-refractivity contribution in [1.29, 1.82) is 0 Å². The molecule has 0 aliphatic rings. The van der Waals surface area contributed by atoms with Crippen molar-refractivity contribution in [2.24, 2.45) is 0 Å². The number of nitrogens with zero attached hydrogens (tertiary/aromatic N) is 3. The molecular formula is C36H56N4O6. The number of hydrogen-bond acceptors (Lipinski definition) is 10. The first-order chi connectivity index (χ1) is 22.3. The smallest absolute Gasteiger partial charge is 0.340 e. The predicted molar refractivity (Wildman–Crippen MR) is 180 cm³/mol. The second-order valence-electron chi connectivity index (χ2n) is 11.8. The summed E-state index contributed by atoms with van der Waals surface area (Å²) in [5.74, 6) is -1.80. The molecule has 10 heteroatoms. The van der Waals surface area contributed by atoms with Crippen molar-refractivity contribution in [3.63, 3.8) is 0 Å². The molecule has 256 valence electrons. The Labute approximate surface area is 275 Å². The zero-order chi connectivity index (χ0) is 33.7. The molecular weight excluding hydrogens is 584 g/mol. The van der Waals surface area contributed by atoms with Crippen LogP contribution in [0.1, 0.15) is 169 Å². The van der Waals surface area contributed by atoms with Crippen LogP contribution in [-0.2, 0) is 14.2 Å². The second kappa shape index (κ2) is 22.0. The minimum absolute atomic E-state index is 0.00816. The summed E-state index contributed by atoms with van der Waals surface area (Å²) in [6.45, 7) is 12.3. The average Bonchev–Trinajstić information content (AvgIpc) is 3.07. The summed E-state index contributed by atoms with van der Waals surface area (Å²) >= 11 is 0. The van der Waals surface area contributed by atoms with Crippen molar-refractivity contribution in [1.82, 2.24) is 15.0 Å². The van der Waals surface area contributed by atoms with E-state index in [9.17, 15) is 14.4 Å². The van der Waals surface area contributed by atoms with Gasteiger partial charge in [-0.15, -0.1) is 0 Å². The van der Waals surface area contributed by atoms with Crippen LogP contribution in [0.15, 0.2) is 24.8 Å². The van der Waals surface area contributed by atoms with Gasteiger partial charge in [-0.3, -0.25) is 0 Å². The SMILES string of the molecule is CCCCCC(CC)OC(=O)c1cc(C(=O)OC(CC)CCCCC)c(Nc2ncncn2)c(C(=O)OC(CC)CCCCC)c1. The van der Waals surface area contributed by atoms with Gasteiger partial charge < -0.3 is 19.5 Å². The summed E-state index contributed by atoms with van der Waals surface area (Å²) in [5, 5.41) is 3.03. The van der Waals surface area contributed by atoms with Gasteiger partial charge in [0.05, 0.1) is 22.4 Å². The maximum Gasteiger partial charge on any atom is 0.340 e. The number of rotatable bonds is 23. The van der Waals surface area contributed by atoms with Crippen molar-refractivity contribution in [3.05, 3.63) is 41.5 Å². The standard InChI is InChI=1S/C36H56N4O6/c1-7-13-16-19-27(10-4)44-33(41)26-22-30(34(42)45-28(11-5)20-17-14-8-2)32(40-36-38-24-37-25-39-36)31(23-26)35(43)46-29(12-6)21-18-15-9-3/h22-25,27-29H,7-21H2,1-6H3,(H,37,38,39,40). The molecule has 1 N–H and O–H groups in total. The molecule has 0 amide bonds. The highest BCUT2D eigenvalue weighted by Gasteiger charge is 2.29. The first-order valence-electron chi connectivity index (χ1n) is 17.5. The molecule has 0 aliphatic carbocycles. The fraction of sp³-hybridized carbons (Fsp3) is 0.667. The fourth-order valence-corrected chi connectivity index (χ4v) is 5.19. The first-order valence-corrected chi connectivity index (χ1v) is 17.5. The maximum atomic E-state index is 13.9. The van der Waals surface area contributed by atoms with Crippen LogP contribution >= 0.6 is 0 Å². The zero-order valence-electron chi connectivity index (χ0n) is 28.9. The highest BCUT2D eigenvalue weighted by molar-refractivity contribution is 6.08. The number of nitrogens with one attached hydrogen (secondary N) is 1. The van der Waals surface area contributed by atoms with Crippen molar-refractivity contribution >= 4 is 29.5 Å². The van der Waals surface area contributed by atoms with Gasteiger partial charge in [-0.05, 0) is 69.9 Å². The highest BCUT2D eigenvalue weighted by atomic mass is 16.6. The Morgan fingerprint density at radius 1 is 0.609 bits per heavy atom. The monoisotopic (exact) mass is 640 g/mol. The lowest BCUT2D eigenvalue weighted by molar-refractivity contribution is 0.0266. The number of benzene rings is 1. The Kier molecular flexibility index (Phi) is 18.5. The number of anilines is 2. The van der Waals surface area contributed by atoms with E-state index in [1.165, 1.54) is 24.8 Å². The van der Waals surface area contributed by atoms with Crippen LogP contribution in [-0.4, -0.2) is 51.2 Å². The largest absolute Gasteiger partial charge is 0.459 e. The number of carbonyl (C=O) groups is 3. The molecule has 0 bridgehead atoms. The molecule has 1 aromatic heterocycles. The van der Waals surface area contributed by atoms with Crippen LogP contribution in [0.2, 0.25) is 0 Å². The quantitative estimate of drug-likeness (QED) is 0.0713. The molecule has 0 aliphatic heterocycles. The number of aromatic nitrogens is 3. The minimum Gasteiger partial charge on any atom is -0.459 e. The van der Waals surface area contributed by atoms with E-state index < -0.39 is 17.9 Å². The molecule has 46 heavy (non-hydrogen) atoms. The Bertz CT molecular complexity index is 1140. The maximum absolute atomic E-state index is 13.9. The second-order valence-corrected chi connectivity index (χ2v) is 11.8. The van der Waals surface area contributed by atoms with E-state index in [1.807, 2.05) is 20.8 Å². The van der Waals surface area contributed by atoms with Crippen LogP contribution in [0, 0.1) is 0 Å². The van der Waals surface area contributed by atoms with Crippen LogP contribution in [0.4, 0.5) is 11.6 Å². The van der Waals surface area contributed by atoms with Gasteiger partial charge >= 0.3 is 17.9 Å². The topological polar surface area (TPSA) is 130 Å². The lowest BCUT2D eigenvalue weighted by atomic mass is 10.0. The molecule has 0 radical (unpaired) electrons. The lowest BCUT2D eigenvalue weighted by Gasteiger charge is -2.22. The van der Waals surface area contributed by atoms with E-state index in [0.717, 1.165) is 77.0 Å². The van der Waals surface area contributed by atoms with Gasteiger partial charge in [-0.2, -0.15) is 0 Å². The molecule has 3 atom stereocenters. The van der Waals surface area contributed by atoms with Crippen molar-refractivity contribution in [2.75, 3.05) is 5.32 Å². The van der Waals surface area contributed by atoms with E-state index in [2.05, 4.69) is 41.0 Å². The van der Waals surface area contributed by atoms with Gasteiger partial charge in [-0.1, -0.05) is 80.1 Å². The summed E-state index contributed by atoms with van der Waals surface area (Å²) in [5.41, 5.74) is 0.203. The van der Waals surface area contributed by atoms with E-state index in [0.29, 0.717) is 19.3 Å². The minimum atomic E-state index is -0.659. The normalized spacial score (nSPS) is 13.0. The van der Waals surface area contributed by atoms with E-state index in [-0.39, 0.29) is 46.6 Å². The third-order valence-electron chi connectivity index (χ3n) is 8.12. The third-order valence-corrected chi connectivity index (χ3v) is 8.12. The van der Waals surface area contributed by atoms with Crippen LogP contribution < -0.4 is 5.32 Å². The average molecular weight is 641 g/mol. The molecule has 0 fully saturated rings. The molecule has 2 aromatic rings. The summed E-state index contributed by atoms with van der Waals surface area (Å²) in [4.78, 5) is 53.5. The van der Waals surface area contributed by atoms with Gasteiger partial charge in [0.15, 0.2) is 0 Å². The van der Waals surface area contributed by atoms with Gasteiger partial charge in [0.25, 0.3) is 0 Å². The summed E-state index contributed by atoms with van der Waals surface area (Å²) in [6, 6.07) is 2.86. The van der Waals surface area contributed by atoms with Crippen LogP contribution in [0.25, 0.3) is 0 Å². The Morgan fingerprint density at radius 2 is 1.00 bits per heavy atom. The number of carbonyl (C=O) groups excluding carboxylic acids is 3. The molecule has 0 saturated carbocycles. The number of unbranched alkanes of at least 4 members (excludes halogenated alkanes) is 6. The van der Waals surface area contributed by atoms with Crippen molar-refractivity contribution in [3.8, 4) is 0 Å². The number of ether oxygens (including phenoxy) is 3. The molecule has 10 nitrogen and oxygen atoms in total.